The zero-order chi connectivity index (χ0) is 15.0. The second-order valence-corrected chi connectivity index (χ2v) is 7.43. The topological polar surface area (TPSA) is 45.7 Å². The Bertz CT molecular complexity index is 428. The molecule has 2 N–H and O–H groups in total. The van der Waals surface area contributed by atoms with E-state index in [4.69, 9.17) is 4.74 Å². The summed E-state index contributed by atoms with van der Waals surface area (Å²) in [6, 6.07) is 4.19. The predicted molar refractivity (Wildman–Crippen MR) is 93.4 cm³/mol. The van der Waals surface area contributed by atoms with Gasteiger partial charge in [-0.15, -0.1) is 11.3 Å². The molecular weight excluding hydrogens is 302 g/mol. The normalized spacial score (nSPS) is 18.5. The van der Waals surface area contributed by atoms with Crippen molar-refractivity contribution in [3.05, 3.63) is 22.4 Å². The van der Waals surface area contributed by atoms with Crippen LogP contribution in [0.5, 0.6) is 0 Å². The Morgan fingerprint density at radius 3 is 2.86 bits per heavy atom. The second kappa shape index (κ2) is 8.66. The molecule has 0 saturated carbocycles. The van der Waals surface area contributed by atoms with Crippen molar-refractivity contribution in [2.75, 3.05) is 32.6 Å². The molecule has 0 radical (unpaired) electrons. The van der Waals surface area contributed by atoms with E-state index < -0.39 is 0 Å². The van der Waals surface area contributed by atoms with Gasteiger partial charge in [-0.05, 0) is 37.5 Å². The molecule has 0 bridgehead atoms. The van der Waals surface area contributed by atoms with Crippen molar-refractivity contribution in [2.45, 2.75) is 31.1 Å². The maximum absolute atomic E-state index is 5.49. The first-order chi connectivity index (χ1) is 10.3. The van der Waals surface area contributed by atoms with E-state index in [1.54, 1.807) is 11.3 Å². The Labute approximate surface area is 135 Å². The average molecular weight is 328 g/mol. The zero-order valence-corrected chi connectivity index (χ0v) is 14.5. The fourth-order valence-corrected chi connectivity index (χ4v) is 3.76. The minimum Gasteiger partial charge on any atom is -0.381 e. The van der Waals surface area contributed by atoms with Crippen molar-refractivity contribution in [2.24, 2.45) is 4.99 Å². The van der Waals surface area contributed by atoms with Crippen LogP contribution in [0.1, 0.15) is 24.6 Å². The molecule has 1 fully saturated rings. The summed E-state index contributed by atoms with van der Waals surface area (Å²) < 4.78 is 5.77. The monoisotopic (exact) mass is 327 g/mol. The molecule has 118 valence electrons. The standard InChI is InChI=1S/C15H25N3OS2/c1-3-16-14(17-11-13-5-4-10-21-13)18-12-15(20-2)6-8-19-9-7-15/h4-5,10H,3,6-9,11-12H2,1-2H3,(H2,16,17,18). The zero-order valence-electron chi connectivity index (χ0n) is 12.9. The summed E-state index contributed by atoms with van der Waals surface area (Å²) in [7, 11) is 0. The first-order valence-corrected chi connectivity index (χ1v) is 9.56. The number of hydrogen-bond acceptors (Lipinski definition) is 4. The smallest absolute Gasteiger partial charge is 0.191 e. The van der Waals surface area contributed by atoms with Gasteiger partial charge in [0.1, 0.15) is 0 Å². The van der Waals surface area contributed by atoms with E-state index in [0.717, 1.165) is 51.6 Å². The van der Waals surface area contributed by atoms with Crippen molar-refractivity contribution in [3.8, 4) is 0 Å². The summed E-state index contributed by atoms with van der Waals surface area (Å²) in [6.45, 7) is 6.39. The van der Waals surface area contributed by atoms with E-state index in [2.05, 4.69) is 46.3 Å². The van der Waals surface area contributed by atoms with Gasteiger partial charge in [-0.2, -0.15) is 11.8 Å². The van der Waals surface area contributed by atoms with Crippen LogP contribution < -0.4 is 10.6 Å². The number of hydrogen-bond donors (Lipinski definition) is 2. The van der Waals surface area contributed by atoms with Gasteiger partial charge in [-0.1, -0.05) is 6.07 Å². The SMILES string of the molecule is CCNC(=NCc1cccs1)NCC1(SC)CCOCC1. The van der Waals surface area contributed by atoms with Crippen molar-refractivity contribution in [1.82, 2.24) is 10.6 Å². The third-order valence-electron chi connectivity index (χ3n) is 3.73. The maximum Gasteiger partial charge on any atom is 0.191 e. The molecular formula is C15H25N3OS2. The molecule has 0 spiro atoms. The van der Waals surface area contributed by atoms with Gasteiger partial charge in [0.2, 0.25) is 0 Å². The lowest BCUT2D eigenvalue weighted by Gasteiger charge is -2.36. The summed E-state index contributed by atoms with van der Waals surface area (Å²) >= 11 is 3.70. The molecule has 1 saturated heterocycles. The summed E-state index contributed by atoms with van der Waals surface area (Å²) in [6.07, 6.45) is 4.40. The summed E-state index contributed by atoms with van der Waals surface area (Å²) in [5.74, 6) is 0.908. The highest BCUT2D eigenvalue weighted by Gasteiger charge is 2.31. The van der Waals surface area contributed by atoms with Gasteiger partial charge in [0.15, 0.2) is 5.96 Å². The lowest BCUT2D eigenvalue weighted by Crippen LogP contribution is -2.47. The van der Waals surface area contributed by atoms with E-state index in [1.165, 1.54) is 4.88 Å². The third-order valence-corrected chi connectivity index (χ3v) is 6.01. The van der Waals surface area contributed by atoms with Crippen LogP contribution >= 0.6 is 23.1 Å². The first-order valence-electron chi connectivity index (χ1n) is 7.45. The van der Waals surface area contributed by atoms with Gasteiger partial charge in [0.25, 0.3) is 0 Å². The first kappa shape index (κ1) is 16.6. The van der Waals surface area contributed by atoms with Gasteiger partial charge < -0.3 is 15.4 Å². The Kier molecular flexibility index (Phi) is 6.86. The van der Waals surface area contributed by atoms with Crippen LogP contribution in [0.2, 0.25) is 0 Å². The molecule has 0 aromatic carbocycles. The van der Waals surface area contributed by atoms with E-state index in [0.29, 0.717) is 0 Å². The van der Waals surface area contributed by atoms with Gasteiger partial charge in [0.05, 0.1) is 6.54 Å². The van der Waals surface area contributed by atoms with Crippen LogP contribution in [0.4, 0.5) is 0 Å². The maximum atomic E-state index is 5.49. The number of aliphatic imine (C=N–C) groups is 1. The highest BCUT2D eigenvalue weighted by Crippen LogP contribution is 2.32. The van der Waals surface area contributed by atoms with Gasteiger partial charge in [0, 0.05) is 35.9 Å². The molecule has 0 aliphatic carbocycles. The number of ether oxygens (including phenoxy) is 1. The van der Waals surface area contributed by atoms with Crippen molar-refractivity contribution < 1.29 is 4.74 Å². The molecule has 1 aliphatic rings. The van der Waals surface area contributed by atoms with Crippen molar-refractivity contribution in [3.63, 3.8) is 0 Å². The van der Waals surface area contributed by atoms with Crippen LogP contribution in [0.3, 0.4) is 0 Å². The van der Waals surface area contributed by atoms with Crippen molar-refractivity contribution >= 4 is 29.1 Å². The lowest BCUT2D eigenvalue weighted by molar-refractivity contribution is 0.0783. The van der Waals surface area contributed by atoms with Crippen LogP contribution in [0.25, 0.3) is 0 Å². The van der Waals surface area contributed by atoms with Gasteiger partial charge >= 0.3 is 0 Å². The Balaban J connectivity index is 1.90. The van der Waals surface area contributed by atoms with Crippen LogP contribution in [0, 0.1) is 0 Å². The Hall–Kier alpha value is -0.720. The molecule has 0 unspecified atom stereocenters. The highest BCUT2D eigenvalue weighted by molar-refractivity contribution is 8.00. The van der Waals surface area contributed by atoms with E-state index in [1.807, 2.05) is 11.8 Å². The molecule has 0 atom stereocenters. The van der Waals surface area contributed by atoms with E-state index >= 15 is 0 Å². The van der Waals surface area contributed by atoms with Gasteiger partial charge in [-0.3, -0.25) is 0 Å². The number of nitrogens with zero attached hydrogens (tertiary/aromatic N) is 1. The molecule has 1 aliphatic heterocycles. The minimum absolute atomic E-state index is 0.275. The fourth-order valence-electron chi connectivity index (χ4n) is 2.34. The molecule has 1 aromatic heterocycles. The minimum atomic E-state index is 0.275. The third kappa shape index (κ3) is 5.20. The Morgan fingerprint density at radius 1 is 1.43 bits per heavy atom. The van der Waals surface area contributed by atoms with Crippen molar-refractivity contribution in [1.29, 1.82) is 0 Å². The molecule has 6 heteroatoms. The van der Waals surface area contributed by atoms with E-state index in [-0.39, 0.29) is 4.75 Å². The number of guanidine groups is 1. The second-order valence-electron chi connectivity index (χ2n) is 5.13. The van der Waals surface area contributed by atoms with Crippen LogP contribution in [0.15, 0.2) is 22.5 Å². The largest absolute Gasteiger partial charge is 0.381 e. The summed E-state index contributed by atoms with van der Waals surface area (Å²) in [4.78, 5) is 5.96. The highest BCUT2D eigenvalue weighted by atomic mass is 32.2. The number of thiophene rings is 1. The van der Waals surface area contributed by atoms with E-state index in [9.17, 15) is 0 Å². The average Bonchev–Trinajstić information content (AvgIpc) is 3.04. The van der Waals surface area contributed by atoms with Gasteiger partial charge in [-0.25, -0.2) is 4.99 Å². The molecule has 4 nitrogen and oxygen atoms in total. The summed E-state index contributed by atoms with van der Waals surface area (Å²) in [5.41, 5.74) is 0. The Morgan fingerprint density at radius 2 is 2.24 bits per heavy atom. The molecule has 21 heavy (non-hydrogen) atoms. The van der Waals surface area contributed by atoms with Crippen LogP contribution in [-0.4, -0.2) is 43.3 Å². The quantitative estimate of drug-likeness (QED) is 0.623. The molecule has 2 heterocycles. The number of rotatable bonds is 6. The molecule has 2 rings (SSSR count). The molecule has 0 amide bonds. The number of thioether (sulfide) groups is 1. The number of nitrogens with one attached hydrogen (secondary N) is 2. The summed E-state index contributed by atoms with van der Waals surface area (Å²) in [5, 5.41) is 8.93. The molecule has 1 aromatic rings. The predicted octanol–water partition coefficient (Wildman–Crippen LogP) is 2.72. The fraction of sp³-hybridized carbons (Fsp3) is 0.667. The lowest BCUT2D eigenvalue weighted by atomic mass is 9.99. The van der Waals surface area contributed by atoms with Crippen LogP contribution in [-0.2, 0) is 11.3 Å².